The summed E-state index contributed by atoms with van der Waals surface area (Å²) in [6.45, 7) is 17.0. The number of pyridine rings is 1. The van der Waals surface area contributed by atoms with Gasteiger partial charge in [0.05, 0.1) is 5.69 Å². The summed E-state index contributed by atoms with van der Waals surface area (Å²) in [6, 6.07) is 10.5. The van der Waals surface area contributed by atoms with Crippen molar-refractivity contribution in [2.75, 3.05) is 6.54 Å². The Kier molecular flexibility index (Phi) is 17.5. The van der Waals surface area contributed by atoms with Gasteiger partial charge in [-0.05, 0) is 54.9 Å². The van der Waals surface area contributed by atoms with Gasteiger partial charge < -0.3 is 5.32 Å². The van der Waals surface area contributed by atoms with Crippen molar-refractivity contribution < 1.29 is 4.39 Å². The van der Waals surface area contributed by atoms with Crippen molar-refractivity contribution in [3.8, 4) is 11.3 Å². The predicted molar refractivity (Wildman–Crippen MR) is 115 cm³/mol. The molecule has 0 spiro atoms. The zero-order chi connectivity index (χ0) is 20.5. The molecule has 1 unspecified atom stereocenters. The van der Waals surface area contributed by atoms with Crippen LogP contribution in [0.25, 0.3) is 11.3 Å². The number of nitrogens with zero attached hydrogens (tertiary/aromatic N) is 1. The maximum atomic E-state index is 12.9. The number of rotatable bonds is 2. The van der Waals surface area contributed by atoms with E-state index in [1.807, 2.05) is 67.5 Å². The zero-order valence-electron chi connectivity index (χ0n) is 17.7. The lowest BCUT2D eigenvalue weighted by Gasteiger charge is -2.28. The molecule has 148 valence electrons. The molecule has 1 fully saturated rings. The largest absolute Gasteiger partial charge is 0.310 e. The van der Waals surface area contributed by atoms with E-state index in [1.165, 1.54) is 12.1 Å². The first-order valence-corrected chi connectivity index (χ1v) is 10.3. The molecule has 0 amide bonds. The second-order valence-electron chi connectivity index (χ2n) is 4.41. The number of aromatic nitrogens is 1. The molecule has 3 rings (SSSR count). The number of hydrogen-bond donors (Lipinski definition) is 1. The van der Waals surface area contributed by atoms with Crippen LogP contribution in [-0.2, 0) is 0 Å². The third-order valence-corrected chi connectivity index (χ3v) is 3.38. The van der Waals surface area contributed by atoms with E-state index in [9.17, 15) is 4.39 Å². The van der Waals surface area contributed by atoms with E-state index in [0.717, 1.165) is 29.8 Å². The summed E-state index contributed by atoms with van der Waals surface area (Å²) >= 11 is 6.04. The predicted octanol–water partition coefficient (Wildman–Crippen LogP) is 7.68. The maximum Gasteiger partial charge on any atom is 0.130 e. The Labute approximate surface area is 165 Å². The van der Waals surface area contributed by atoms with Crippen molar-refractivity contribution in [3.63, 3.8) is 0 Å². The van der Waals surface area contributed by atoms with Gasteiger partial charge in [0.15, 0.2) is 0 Å². The van der Waals surface area contributed by atoms with Crippen LogP contribution in [0.5, 0.6) is 0 Å². The SMILES string of the molecule is CC.CC.CC.CC.Fc1ccc(-c2cc(C3CCN3)cc(Cl)n2)cc1. The highest BCUT2D eigenvalue weighted by Gasteiger charge is 2.19. The van der Waals surface area contributed by atoms with Crippen LogP contribution in [-0.4, -0.2) is 11.5 Å². The van der Waals surface area contributed by atoms with Crippen molar-refractivity contribution in [3.05, 3.63) is 52.9 Å². The highest BCUT2D eigenvalue weighted by Crippen LogP contribution is 2.28. The van der Waals surface area contributed by atoms with Crippen LogP contribution in [0, 0.1) is 5.82 Å². The highest BCUT2D eigenvalue weighted by molar-refractivity contribution is 6.29. The van der Waals surface area contributed by atoms with E-state index in [2.05, 4.69) is 10.3 Å². The molecule has 1 aliphatic rings. The average Bonchev–Trinajstić information content (AvgIpc) is 2.67. The molecule has 1 N–H and O–H groups in total. The number of hydrogen-bond acceptors (Lipinski definition) is 2. The van der Waals surface area contributed by atoms with Crippen LogP contribution in [0.1, 0.15) is 73.4 Å². The minimum atomic E-state index is -0.248. The van der Waals surface area contributed by atoms with Gasteiger partial charge in [0.25, 0.3) is 0 Å². The topological polar surface area (TPSA) is 24.9 Å². The van der Waals surface area contributed by atoms with Gasteiger partial charge in [-0.2, -0.15) is 0 Å². The molecule has 0 radical (unpaired) electrons. The van der Waals surface area contributed by atoms with Gasteiger partial charge in [0, 0.05) is 11.6 Å². The molecule has 0 saturated carbocycles. The minimum Gasteiger partial charge on any atom is -0.310 e. The molecular formula is C22H36ClFN2. The summed E-state index contributed by atoms with van der Waals surface area (Å²) in [5.41, 5.74) is 2.80. The lowest BCUT2D eigenvalue weighted by Crippen LogP contribution is -2.34. The summed E-state index contributed by atoms with van der Waals surface area (Å²) in [5, 5.41) is 3.80. The molecule has 1 aliphatic heterocycles. The molecule has 2 nitrogen and oxygen atoms in total. The van der Waals surface area contributed by atoms with Crippen molar-refractivity contribution in [2.24, 2.45) is 0 Å². The Bertz CT molecular complexity index is 567. The first-order chi connectivity index (χ1) is 12.7. The number of nitrogens with one attached hydrogen (secondary N) is 1. The van der Waals surface area contributed by atoms with E-state index in [1.54, 1.807) is 12.1 Å². The monoisotopic (exact) mass is 382 g/mol. The molecule has 0 aliphatic carbocycles. The molecule has 26 heavy (non-hydrogen) atoms. The molecule has 1 aromatic heterocycles. The average molecular weight is 383 g/mol. The van der Waals surface area contributed by atoms with Crippen molar-refractivity contribution in [1.82, 2.24) is 10.3 Å². The first-order valence-electron chi connectivity index (χ1n) is 9.89. The van der Waals surface area contributed by atoms with Gasteiger partial charge in [-0.15, -0.1) is 0 Å². The molecule has 1 atom stereocenters. The molecule has 4 heteroatoms. The lowest BCUT2D eigenvalue weighted by atomic mass is 9.97. The Morgan fingerprint density at radius 1 is 0.923 bits per heavy atom. The fourth-order valence-corrected chi connectivity index (χ4v) is 2.28. The second-order valence-corrected chi connectivity index (χ2v) is 4.80. The van der Waals surface area contributed by atoms with E-state index in [4.69, 9.17) is 11.6 Å². The van der Waals surface area contributed by atoms with Gasteiger partial charge in [0.1, 0.15) is 11.0 Å². The number of halogens is 2. The van der Waals surface area contributed by atoms with Crippen LogP contribution in [0.2, 0.25) is 5.15 Å². The van der Waals surface area contributed by atoms with E-state index in [-0.39, 0.29) is 5.82 Å². The standard InChI is InChI=1S/C14H12ClFN2.4C2H6/c15-14-8-10(12-5-6-17-12)7-13(18-14)9-1-3-11(16)4-2-9;4*1-2/h1-4,7-8,12,17H,5-6H2;4*1-2H3. The van der Waals surface area contributed by atoms with E-state index < -0.39 is 0 Å². The van der Waals surface area contributed by atoms with Gasteiger partial charge in [0.2, 0.25) is 0 Å². The summed E-state index contributed by atoms with van der Waals surface area (Å²) in [4.78, 5) is 4.29. The summed E-state index contributed by atoms with van der Waals surface area (Å²) < 4.78 is 12.9. The van der Waals surface area contributed by atoms with Crippen LogP contribution in [0.4, 0.5) is 4.39 Å². The van der Waals surface area contributed by atoms with Crippen molar-refractivity contribution in [1.29, 1.82) is 0 Å². The summed E-state index contributed by atoms with van der Waals surface area (Å²) in [5.74, 6) is -0.248. The van der Waals surface area contributed by atoms with Crippen molar-refractivity contribution in [2.45, 2.75) is 67.9 Å². The van der Waals surface area contributed by atoms with Gasteiger partial charge in [-0.25, -0.2) is 9.37 Å². The molecule has 1 aromatic carbocycles. The first kappa shape index (κ1) is 26.8. The number of benzene rings is 1. The molecule has 2 aromatic rings. The third kappa shape index (κ3) is 8.77. The van der Waals surface area contributed by atoms with Crippen LogP contribution < -0.4 is 5.32 Å². The lowest BCUT2D eigenvalue weighted by molar-refractivity contribution is 0.383. The molecular weight excluding hydrogens is 347 g/mol. The fourth-order valence-electron chi connectivity index (χ4n) is 2.06. The minimum absolute atomic E-state index is 0.248. The summed E-state index contributed by atoms with van der Waals surface area (Å²) in [7, 11) is 0. The van der Waals surface area contributed by atoms with Gasteiger partial charge in [-0.3, -0.25) is 0 Å². The van der Waals surface area contributed by atoms with Gasteiger partial charge in [-0.1, -0.05) is 67.0 Å². The third-order valence-electron chi connectivity index (χ3n) is 3.18. The second kappa shape index (κ2) is 17.0. The van der Waals surface area contributed by atoms with Crippen LogP contribution in [0.3, 0.4) is 0 Å². The van der Waals surface area contributed by atoms with E-state index in [0.29, 0.717) is 11.2 Å². The normalized spacial score (nSPS) is 13.7. The molecule has 2 heterocycles. The Morgan fingerprint density at radius 3 is 1.85 bits per heavy atom. The van der Waals surface area contributed by atoms with Gasteiger partial charge >= 0.3 is 0 Å². The quantitative estimate of drug-likeness (QED) is 0.538. The molecule has 1 saturated heterocycles. The Balaban J connectivity index is 0. The fraction of sp³-hybridized carbons (Fsp3) is 0.500. The maximum absolute atomic E-state index is 12.9. The zero-order valence-corrected chi connectivity index (χ0v) is 18.4. The van der Waals surface area contributed by atoms with Crippen LogP contribution in [0.15, 0.2) is 36.4 Å². The van der Waals surface area contributed by atoms with Crippen LogP contribution >= 0.6 is 11.6 Å². The molecule has 0 bridgehead atoms. The highest BCUT2D eigenvalue weighted by atomic mass is 35.5. The van der Waals surface area contributed by atoms with Crippen molar-refractivity contribution >= 4 is 11.6 Å². The Hall–Kier alpha value is -1.45. The van der Waals surface area contributed by atoms with E-state index >= 15 is 0 Å². The smallest absolute Gasteiger partial charge is 0.130 e. The Morgan fingerprint density at radius 2 is 1.42 bits per heavy atom. The summed E-state index contributed by atoms with van der Waals surface area (Å²) in [6.07, 6.45) is 1.11.